The highest BCUT2D eigenvalue weighted by Gasteiger charge is 2.38. The molecule has 0 bridgehead atoms. The van der Waals surface area contributed by atoms with Crippen LogP contribution in [0.5, 0.6) is 11.5 Å². The molecule has 2 aromatic rings. The Kier molecular flexibility index (Phi) is 4.16. The lowest BCUT2D eigenvalue weighted by atomic mass is 10.1. The third-order valence-corrected chi connectivity index (χ3v) is 2.75. The first kappa shape index (κ1) is 16.2. The van der Waals surface area contributed by atoms with Gasteiger partial charge >= 0.3 is 6.18 Å². The van der Waals surface area contributed by atoms with Crippen LogP contribution in [-0.2, 0) is 6.18 Å². The van der Waals surface area contributed by atoms with Gasteiger partial charge in [0.1, 0.15) is 17.1 Å². The van der Waals surface area contributed by atoms with Crippen molar-refractivity contribution in [3.8, 4) is 11.5 Å². The second-order valence-electron chi connectivity index (χ2n) is 4.29. The van der Waals surface area contributed by atoms with E-state index >= 15 is 0 Å². The quantitative estimate of drug-likeness (QED) is 0.615. The first-order valence-electron chi connectivity index (χ1n) is 5.96. The van der Waals surface area contributed by atoms with Gasteiger partial charge in [-0.05, 0) is 24.3 Å². The van der Waals surface area contributed by atoms with Gasteiger partial charge in [-0.25, -0.2) is 0 Å². The van der Waals surface area contributed by atoms with Crippen molar-refractivity contribution >= 4 is 11.4 Å². The molecule has 0 aromatic heterocycles. The van der Waals surface area contributed by atoms with Gasteiger partial charge in [0, 0.05) is 18.2 Å². The Balaban J connectivity index is 2.33. The lowest BCUT2D eigenvalue weighted by Gasteiger charge is -2.10. The zero-order chi connectivity index (χ0) is 17.2. The molecule has 0 saturated carbocycles. The Morgan fingerprint density at radius 2 is 1.43 bits per heavy atom. The van der Waals surface area contributed by atoms with Crippen LogP contribution in [0.3, 0.4) is 0 Å². The van der Waals surface area contributed by atoms with Crippen molar-refractivity contribution in [1.29, 1.82) is 0 Å². The lowest BCUT2D eigenvalue weighted by molar-refractivity contribution is -0.388. The first-order valence-corrected chi connectivity index (χ1v) is 5.96. The van der Waals surface area contributed by atoms with Crippen LogP contribution in [0.1, 0.15) is 5.56 Å². The number of nitro groups is 2. The molecule has 23 heavy (non-hydrogen) atoms. The summed E-state index contributed by atoms with van der Waals surface area (Å²) in [6.07, 6.45) is -4.92. The predicted molar refractivity (Wildman–Crippen MR) is 71.3 cm³/mol. The molecule has 0 saturated heterocycles. The molecular weight excluding hydrogens is 321 g/mol. The third-order valence-electron chi connectivity index (χ3n) is 2.75. The van der Waals surface area contributed by atoms with Crippen molar-refractivity contribution < 1.29 is 27.8 Å². The highest BCUT2D eigenvalue weighted by atomic mass is 19.4. The van der Waals surface area contributed by atoms with E-state index in [4.69, 9.17) is 4.74 Å². The number of hydrogen-bond acceptors (Lipinski definition) is 5. The Hall–Kier alpha value is -3.17. The fourth-order valence-corrected chi connectivity index (χ4v) is 1.74. The molecule has 0 aliphatic rings. The predicted octanol–water partition coefficient (Wildman–Crippen LogP) is 4.31. The topological polar surface area (TPSA) is 95.5 Å². The van der Waals surface area contributed by atoms with Gasteiger partial charge in [0.05, 0.1) is 9.85 Å². The van der Waals surface area contributed by atoms with Crippen molar-refractivity contribution in [2.24, 2.45) is 0 Å². The Morgan fingerprint density at radius 3 is 1.91 bits per heavy atom. The fourth-order valence-electron chi connectivity index (χ4n) is 1.74. The average molecular weight is 328 g/mol. The van der Waals surface area contributed by atoms with Crippen molar-refractivity contribution in [2.75, 3.05) is 0 Å². The van der Waals surface area contributed by atoms with Crippen LogP contribution in [0, 0.1) is 20.2 Å². The van der Waals surface area contributed by atoms with Crippen LogP contribution >= 0.6 is 0 Å². The molecule has 0 fully saturated rings. The van der Waals surface area contributed by atoms with E-state index in [1.54, 1.807) is 0 Å². The molecule has 10 heteroatoms. The molecule has 0 atom stereocenters. The maximum Gasteiger partial charge on any atom is 0.423 e. The number of benzene rings is 2. The highest BCUT2D eigenvalue weighted by molar-refractivity contribution is 5.48. The van der Waals surface area contributed by atoms with Crippen LogP contribution in [0.25, 0.3) is 0 Å². The van der Waals surface area contributed by atoms with E-state index in [0.29, 0.717) is 12.1 Å². The molecule has 0 N–H and O–H groups in total. The zero-order valence-corrected chi connectivity index (χ0v) is 11.1. The van der Waals surface area contributed by atoms with Gasteiger partial charge < -0.3 is 4.74 Å². The zero-order valence-electron chi connectivity index (χ0n) is 11.1. The molecule has 2 rings (SSSR count). The van der Waals surface area contributed by atoms with Gasteiger partial charge in [-0.2, -0.15) is 13.2 Å². The summed E-state index contributed by atoms with van der Waals surface area (Å²) in [5.74, 6) is -0.227. The minimum absolute atomic E-state index is 0.0533. The second-order valence-corrected chi connectivity index (χ2v) is 4.29. The number of nitro benzene ring substituents is 2. The molecule has 0 aliphatic heterocycles. The van der Waals surface area contributed by atoms with Gasteiger partial charge in [0.15, 0.2) is 0 Å². The van der Waals surface area contributed by atoms with E-state index in [0.717, 1.165) is 18.2 Å². The van der Waals surface area contributed by atoms with E-state index < -0.39 is 27.3 Å². The SMILES string of the molecule is O=[N+]([O-])c1ccc(Oc2ccc([N+](=O)[O-])c(C(F)(F)F)c2)cc1. The summed E-state index contributed by atoms with van der Waals surface area (Å²) in [6.45, 7) is 0. The third kappa shape index (κ3) is 3.73. The summed E-state index contributed by atoms with van der Waals surface area (Å²) < 4.78 is 43.6. The van der Waals surface area contributed by atoms with Crippen molar-refractivity contribution in [2.45, 2.75) is 6.18 Å². The molecule has 120 valence electrons. The van der Waals surface area contributed by atoms with Crippen LogP contribution in [0.15, 0.2) is 42.5 Å². The molecule has 0 heterocycles. The Morgan fingerprint density at radius 1 is 0.870 bits per heavy atom. The van der Waals surface area contributed by atoms with E-state index in [-0.39, 0.29) is 17.2 Å². The lowest BCUT2D eigenvalue weighted by Crippen LogP contribution is -2.09. The number of rotatable bonds is 4. The summed E-state index contributed by atoms with van der Waals surface area (Å²) in [6, 6.07) is 6.83. The van der Waals surface area contributed by atoms with E-state index in [1.807, 2.05) is 0 Å². The number of nitrogens with zero attached hydrogens (tertiary/aromatic N) is 2. The molecule has 0 spiro atoms. The van der Waals surface area contributed by atoms with Crippen molar-refractivity contribution in [3.05, 3.63) is 68.3 Å². The second kappa shape index (κ2) is 5.91. The van der Waals surface area contributed by atoms with E-state index in [9.17, 15) is 33.4 Å². The number of halogens is 3. The van der Waals surface area contributed by atoms with Crippen LogP contribution in [-0.4, -0.2) is 9.85 Å². The molecule has 7 nitrogen and oxygen atoms in total. The molecule has 0 unspecified atom stereocenters. The summed E-state index contributed by atoms with van der Waals surface area (Å²) in [4.78, 5) is 19.4. The largest absolute Gasteiger partial charge is 0.457 e. The van der Waals surface area contributed by atoms with Crippen molar-refractivity contribution in [3.63, 3.8) is 0 Å². The monoisotopic (exact) mass is 328 g/mol. The van der Waals surface area contributed by atoms with Crippen molar-refractivity contribution in [1.82, 2.24) is 0 Å². The van der Waals surface area contributed by atoms with Gasteiger partial charge in [-0.3, -0.25) is 20.2 Å². The number of ether oxygens (including phenoxy) is 1. The van der Waals surface area contributed by atoms with Gasteiger partial charge in [-0.15, -0.1) is 0 Å². The van der Waals surface area contributed by atoms with Crippen LogP contribution < -0.4 is 4.74 Å². The number of alkyl halides is 3. The minimum atomic E-state index is -4.92. The van der Waals surface area contributed by atoms with E-state index in [1.165, 1.54) is 12.1 Å². The number of non-ortho nitro benzene ring substituents is 1. The van der Waals surface area contributed by atoms with Gasteiger partial charge in [-0.1, -0.05) is 0 Å². The number of hydrogen-bond donors (Lipinski definition) is 0. The molecule has 2 aromatic carbocycles. The summed E-state index contributed by atoms with van der Waals surface area (Å²) in [5, 5.41) is 21.1. The maximum absolute atomic E-state index is 12.8. The highest BCUT2D eigenvalue weighted by Crippen LogP contribution is 2.39. The Bertz CT molecular complexity index is 759. The minimum Gasteiger partial charge on any atom is -0.457 e. The maximum atomic E-state index is 12.8. The summed E-state index contributed by atoms with van der Waals surface area (Å²) in [5.41, 5.74) is -2.74. The Labute approximate surface area is 126 Å². The smallest absolute Gasteiger partial charge is 0.423 e. The summed E-state index contributed by atoms with van der Waals surface area (Å²) >= 11 is 0. The average Bonchev–Trinajstić information content (AvgIpc) is 2.46. The fraction of sp³-hybridized carbons (Fsp3) is 0.0769. The first-order chi connectivity index (χ1) is 10.7. The molecule has 0 radical (unpaired) electrons. The molecule has 0 aliphatic carbocycles. The molecular formula is C13H7F3N2O5. The van der Waals surface area contributed by atoms with E-state index in [2.05, 4.69) is 0 Å². The van der Waals surface area contributed by atoms with Crippen LogP contribution in [0.4, 0.5) is 24.5 Å². The van der Waals surface area contributed by atoms with Crippen LogP contribution in [0.2, 0.25) is 0 Å². The standard InChI is InChI=1S/C13H7F3N2O5/c14-13(15,16)11-7-10(5-6-12(11)18(21)22)23-9-3-1-8(2-4-9)17(19)20/h1-7H. The molecule has 0 amide bonds. The van der Waals surface area contributed by atoms with Gasteiger partial charge in [0.2, 0.25) is 0 Å². The normalized spacial score (nSPS) is 11.1. The summed E-state index contributed by atoms with van der Waals surface area (Å²) in [7, 11) is 0. The van der Waals surface area contributed by atoms with Gasteiger partial charge in [0.25, 0.3) is 11.4 Å².